The minimum Gasteiger partial charge on any atom is -0.487 e. The van der Waals surface area contributed by atoms with Crippen LogP contribution in [0.25, 0.3) is 0 Å². The number of nitrogens with one attached hydrogen (secondary N) is 1. The Bertz CT molecular complexity index is 372. The highest BCUT2D eigenvalue weighted by atomic mass is 16.5. The van der Waals surface area contributed by atoms with Crippen LogP contribution >= 0.6 is 0 Å². The van der Waals surface area contributed by atoms with Crippen LogP contribution in [0.3, 0.4) is 0 Å². The molecule has 0 radical (unpaired) electrons. The number of ether oxygens (including phenoxy) is 1. The number of aromatic nitrogens is 1. The zero-order valence-electron chi connectivity index (χ0n) is 11.0. The maximum Gasteiger partial charge on any atom is 0.168 e. The van der Waals surface area contributed by atoms with Crippen molar-refractivity contribution in [2.45, 2.75) is 46.1 Å². The van der Waals surface area contributed by atoms with Crippen LogP contribution in [-0.2, 0) is 0 Å². The molecule has 1 N–H and O–H groups in total. The van der Waals surface area contributed by atoms with E-state index in [1.807, 2.05) is 26.0 Å². The maximum absolute atomic E-state index is 5.74. The molecular formula is C14H22N2O. The van der Waals surface area contributed by atoms with Crippen molar-refractivity contribution in [3.63, 3.8) is 0 Å². The Balaban J connectivity index is 1.99. The first-order valence-electron chi connectivity index (χ1n) is 6.45. The van der Waals surface area contributed by atoms with Gasteiger partial charge in [0.1, 0.15) is 0 Å². The Morgan fingerprint density at radius 3 is 2.82 bits per heavy atom. The van der Waals surface area contributed by atoms with Crippen LogP contribution < -0.4 is 10.1 Å². The molecule has 94 valence electrons. The van der Waals surface area contributed by atoms with Gasteiger partial charge in [0.25, 0.3) is 0 Å². The van der Waals surface area contributed by atoms with E-state index < -0.39 is 0 Å². The van der Waals surface area contributed by atoms with Gasteiger partial charge in [0.15, 0.2) is 11.6 Å². The van der Waals surface area contributed by atoms with Gasteiger partial charge in [-0.2, -0.15) is 0 Å². The maximum atomic E-state index is 5.74. The van der Waals surface area contributed by atoms with Crippen LogP contribution in [0.4, 0.5) is 5.82 Å². The van der Waals surface area contributed by atoms with Gasteiger partial charge in [-0.05, 0) is 44.2 Å². The average Bonchev–Trinajstić information content (AvgIpc) is 2.25. The molecule has 1 fully saturated rings. The zero-order valence-corrected chi connectivity index (χ0v) is 11.0. The number of anilines is 1. The molecule has 1 saturated carbocycles. The van der Waals surface area contributed by atoms with Gasteiger partial charge in [-0.25, -0.2) is 4.98 Å². The zero-order chi connectivity index (χ0) is 12.3. The van der Waals surface area contributed by atoms with Crippen molar-refractivity contribution >= 4 is 5.82 Å². The molecule has 2 rings (SSSR count). The molecule has 0 amide bonds. The van der Waals surface area contributed by atoms with Gasteiger partial charge in [-0.1, -0.05) is 13.3 Å². The van der Waals surface area contributed by atoms with Crippen molar-refractivity contribution in [2.75, 3.05) is 11.9 Å². The van der Waals surface area contributed by atoms with Crippen LogP contribution in [0.15, 0.2) is 18.3 Å². The summed E-state index contributed by atoms with van der Waals surface area (Å²) in [5.74, 6) is 1.72. The number of hydrogen-bond acceptors (Lipinski definition) is 3. The van der Waals surface area contributed by atoms with E-state index in [0.717, 1.165) is 18.1 Å². The summed E-state index contributed by atoms with van der Waals surface area (Å²) in [4.78, 5) is 4.36. The molecule has 1 heterocycles. The molecule has 17 heavy (non-hydrogen) atoms. The third-order valence-electron chi connectivity index (χ3n) is 3.38. The molecule has 3 nitrogen and oxygen atoms in total. The molecule has 1 aliphatic rings. The number of pyridine rings is 1. The lowest BCUT2D eigenvalue weighted by molar-refractivity contribution is 0.179. The first-order chi connectivity index (χ1) is 8.09. The Hall–Kier alpha value is -1.25. The highest BCUT2D eigenvalue weighted by Gasteiger charge is 2.31. The molecule has 0 atom stereocenters. The second-order valence-electron chi connectivity index (χ2n) is 5.53. The van der Waals surface area contributed by atoms with Crippen LogP contribution in [0.5, 0.6) is 5.75 Å². The van der Waals surface area contributed by atoms with Crippen LogP contribution in [0.1, 0.15) is 40.0 Å². The summed E-state index contributed by atoms with van der Waals surface area (Å²) < 4.78 is 5.74. The van der Waals surface area contributed by atoms with Crippen molar-refractivity contribution in [3.8, 4) is 5.75 Å². The van der Waals surface area contributed by atoms with Gasteiger partial charge in [0.05, 0.1) is 6.10 Å². The first-order valence-corrected chi connectivity index (χ1v) is 6.45. The number of nitrogens with zero attached hydrogens (tertiary/aromatic N) is 1. The third kappa shape index (κ3) is 3.11. The quantitative estimate of drug-likeness (QED) is 0.847. The van der Waals surface area contributed by atoms with Crippen molar-refractivity contribution in [1.82, 2.24) is 4.98 Å². The lowest BCUT2D eigenvalue weighted by atomic mass is 9.70. The van der Waals surface area contributed by atoms with Gasteiger partial charge in [0, 0.05) is 12.7 Å². The molecule has 0 saturated heterocycles. The first kappa shape index (κ1) is 12.2. The predicted molar refractivity (Wildman–Crippen MR) is 70.4 cm³/mol. The Labute approximate surface area is 104 Å². The van der Waals surface area contributed by atoms with Gasteiger partial charge >= 0.3 is 0 Å². The molecule has 1 aromatic heterocycles. The van der Waals surface area contributed by atoms with E-state index in [9.17, 15) is 0 Å². The van der Waals surface area contributed by atoms with E-state index in [1.165, 1.54) is 19.3 Å². The number of rotatable bonds is 5. The Kier molecular flexibility index (Phi) is 3.55. The summed E-state index contributed by atoms with van der Waals surface area (Å²) in [7, 11) is 0. The van der Waals surface area contributed by atoms with Gasteiger partial charge in [-0.15, -0.1) is 0 Å². The normalized spacial score (nSPS) is 17.6. The van der Waals surface area contributed by atoms with Crippen LogP contribution in [0, 0.1) is 5.41 Å². The fraction of sp³-hybridized carbons (Fsp3) is 0.643. The summed E-state index contributed by atoms with van der Waals surface area (Å²) >= 11 is 0. The second kappa shape index (κ2) is 4.94. The molecule has 3 heteroatoms. The van der Waals surface area contributed by atoms with E-state index >= 15 is 0 Å². The fourth-order valence-corrected chi connectivity index (χ4v) is 2.13. The van der Waals surface area contributed by atoms with Crippen LogP contribution in [0.2, 0.25) is 0 Å². The van der Waals surface area contributed by atoms with E-state index in [2.05, 4.69) is 17.2 Å². The summed E-state index contributed by atoms with van der Waals surface area (Å²) in [5, 5.41) is 3.42. The Morgan fingerprint density at radius 1 is 1.47 bits per heavy atom. The molecule has 0 spiro atoms. The highest BCUT2D eigenvalue weighted by molar-refractivity contribution is 5.49. The van der Waals surface area contributed by atoms with Crippen molar-refractivity contribution in [3.05, 3.63) is 18.3 Å². The van der Waals surface area contributed by atoms with Gasteiger partial charge < -0.3 is 10.1 Å². The standard InChI is InChI=1S/C14H22N2O/c1-11(2)17-12-6-4-9-15-13(12)16-10-14(3)7-5-8-14/h4,6,9,11H,5,7-8,10H2,1-3H3,(H,15,16). The van der Waals surface area contributed by atoms with Crippen LogP contribution in [-0.4, -0.2) is 17.6 Å². The summed E-state index contributed by atoms with van der Waals surface area (Å²) in [5.41, 5.74) is 0.451. The van der Waals surface area contributed by atoms with E-state index in [4.69, 9.17) is 4.74 Å². The molecule has 0 aliphatic heterocycles. The lowest BCUT2D eigenvalue weighted by Crippen LogP contribution is -2.33. The lowest BCUT2D eigenvalue weighted by Gasteiger charge is -2.38. The summed E-state index contributed by atoms with van der Waals surface area (Å²) in [6, 6.07) is 3.88. The Morgan fingerprint density at radius 2 is 2.24 bits per heavy atom. The topological polar surface area (TPSA) is 34.1 Å². The summed E-state index contributed by atoms with van der Waals surface area (Å²) in [6.07, 6.45) is 5.97. The fourth-order valence-electron chi connectivity index (χ4n) is 2.13. The molecule has 1 aliphatic carbocycles. The molecule has 0 bridgehead atoms. The van der Waals surface area contributed by atoms with Gasteiger partial charge in [0.2, 0.25) is 0 Å². The molecule has 1 aromatic rings. The highest BCUT2D eigenvalue weighted by Crippen LogP contribution is 2.40. The van der Waals surface area contributed by atoms with E-state index in [0.29, 0.717) is 5.41 Å². The van der Waals surface area contributed by atoms with Crippen molar-refractivity contribution in [1.29, 1.82) is 0 Å². The summed E-state index contributed by atoms with van der Waals surface area (Å²) in [6.45, 7) is 7.38. The van der Waals surface area contributed by atoms with Crippen molar-refractivity contribution < 1.29 is 4.74 Å². The van der Waals surface area contributed by atoms with E-state index in [1.54, 1.807) is 6.20 Å². The predicted octanol–water partition coefficient (Wildman–Crippen LogP) is 3.47. The average molecular weight is 234 g/mol. The van der Waals surface area contributed by atoms with E-state index in [-0.39, 0.29) is 6.10 Å². The minimum absolute atomic E-state index is 0.180. The van der Waals surface area contributed by atoms with Crippen molar-refractivity contribution in [2.24, 2.45) is 5.41 Å². The monoisotopic (exact) mass is 234 g/mol. The van der Waals surface area contributed by atoms with Gasteiger partial charge in [-0.3, -0.25) is 0 Å². The second-order valence-corrected chi connectivity index (χ2v) is 5.53. The largest absolute Gasteiger partial charge is 0.487 e. The molecule has 0 aromatic carbocycles. The third-order valence-corrected chi connectivity index (χ3v) is 3.38. The molecule has 0 unspecified atom stereocenters. The molecular weight excluding hydrogens is 212 g/mol. The smallest absolute Gasteiger partial charge is 0.168 e. The SMILES string of the molecule is CC(C)Oc1cccnc1NCC1(C)CCC1. The minimum atomic E-state index is 0.180. The number of hydrogen-bond donors (Lipinski definition) is 1.